The lowest BCUT2D eigenvalue weighted by Gasteiger charge is -2.37. The van der Waals surface area contributed by atoms with E-state index in [1.807, 2.05) is 54.6 Å². The molecule has 3 unspecified atom stereocenters. The second kappa shape index (κ2) is 20.5. The molecule has 0 spiro atoms. The third kappa shape index (κ3) is 10.8. The van der Waals surface area contributed by atoms with Crippen LogP contribution in [0.1, 0.15) is 45.2 Å². The number of benzene rings is 5. The van der Waals surface area contributed by atoms with Crippen LogP contribution in [0.4, 0.5) is 5.82 Å². The summed E-state index contributed by atoms with van der Waals surface area (Å²) in [6.45, 7) is 2.67. The Hall–Kier alpha value is -6.67. The van der Waals surface area contributed by atoms with Crippen molar-refractivity contribution in [2.75, 3.05) is 32.2 Å². The number of ether oxygens (including phenoxy) is 4. The zero-order valence-electron chi connectivity index (χ0n) is 36.4. The van der Waals surface area contributed by atoms with Gasteiger partial charge in [0.15, 0.2) is 17.6 Å². The van der Waals surface area contributed by atoms with Crippen LogP contribution in [0.25, 0.3) is 11.1 Å². The van der Waals surface area contributed by atoms with Gasteiger partial charge in [-0.1, -0.05) is 77.8 Å². The number of rotatable bonds is 16. The van der Waals surface area contributed by atoms with Gasteiger partial charge < -0.3 is 34.7 Å². The molecule has 344 valence electrons. The first kappa shape index (κ1) is 46.8. The summed E-state index contributed by atoms with van der Waals surface area (Å²) < 4.78 is 54.4. The molecular formula is C50H45Cl2N5O9S. The van der Waals surface area contributed by atoms with E-state index in [2.05, 4.69) is 21.7 Å². The summed E-state index contributed by atoms with van der Waals surface area (Å²) in [6, 6.07) is 32.9. The molecular weight excluding hydrogens is 918 g/mol. The number of fused-ring (bicyclic) bond motifs is 2. The van der Waals surface area contributed by atoms with E-state index in [1.54, 1.807) is 68.6 Å². The Labute approximate surface area is 398 Å². The van der Waals surface area contributed by atoms with Gasteiger partial charge in [-0.2, -0.15) is 9.57 Å². The number of carbonyl (C=O) groups is 2. The molecule has 6 aromatic rings. The molecule has 3 heterocycles. The molecule has 8 rings (SSSR count). The lowest BCUT2D eigenvalue weighted by atomic mass is 9.93. The molecule has 17 heteroatoms. The molecule has 3 N–H and O–H groups in total. The fourth-order valence-corrected chi connectivity index (χ4v) is 9.99. The number of anilines is 1. The number of nitrogens with one attached hydrogen (secondary N) is 2. The molecule has 0 bridgehead atoms. The average molecular weight is 963 g/mol. The highest BCUT2D eigenvalue weighted by Gasteiger charge is 2.42. The highest BCUT2D eigenvalue weighted by Crippen LogP contribution is 2.42. The SMILES string of the molecule is COCCNc1ccc(S(=O)(=O)N2Cc3cc4c(cc3CC2C(=O)NC(Cc2ccc(-c3ccc(C#N)cc3)cc2)C(=O)O)OCC(c2ccc(OCc3ccc(Cl)c(Cl)c3)cc2)O4)c(C)n1. The molecule has 0 fully saturated rings. The smallest absolute Gasteiger partial charge is 0.326 e. The first-order chi connectivity index (χ1) is 32.3. The number of nitriles is 1. The van der Waals surface area contributed by atoms with Crippen LogP contribution in [0.5, 0.6) is 17.2 Å². The third-order valence-electron chi connectivity index (χ3n) is 11.5. The van der Waals surface area contributed by atoms with E-state index in [-0.39, 0.29) is 43.2 Å². The summed E-state index contributed by atoms with van der Waals surface area (Å²) in [4.78, 5) is 31.5. The van der Waals surface area contributed by atoms with Gasteiger partial charge in [0.2, 0.25) is 15.9 Å². The quantitative estimate of drug-likeness (QED) is 0.0789. The van der Waals surface area contributed by atoms with E-state index >= 15 is 0 Å². The van der Waals surface area contributed by atoms with Gasteiger partial charge in [0, 0.05) is 26.6 Å². The lowest BCUT2D eigenvalue weighted by Crippen LogP contribution is -2.55. The maximum absolute atomic E-state index is 14.8. The number of amides is 1. The molecule has 67 heavy (non-hydrogen) atoms. The largest absolute Gasteiger partial charge is 0.489 e. The van der Waals surface area contributed by atoms with Gasteiger partial charge in [0.1, 0.15) is 41.8 Å². The summed E-state index contributed by atoms with van der Waals surface area (Å²) in [5, 5.41) is 26.2. The Morgan fingerprint density at radius 1 is 0.910 bits per heavy atom. The Kier molecular flexibility index (Phi) is 14.3. The highest BCUT2D eigenvalue weighted by atomic mass is 35.5. The predicted octanol–water partition coefficient (Wildman–Crippen LogP) is 8.31. The average Bonchev–Trinajstić information content (AvgIpc) is 3.33. The Morgan fingerprint density at radius 2 is 1.61 bits per heavy atom. The summed E-state index contributed by atoms with van der Waals surface area (Å²) >= 11 is 12.2. The van der Waals surface area contributed by atoms with Crippen LogP contribution in [-0.2, 0) is 50.3 Å². The molecule has 2 aliphatic rings. The second-order valence-electron chi connectivity index (χ2n) is 16.1. The molecule has 0 radical (unpaired) electrons. The Morgan fingerprint density at radius 3 is 2.28 bits per heavy atom. The zero-order chi connectivity index (χ0) is 47.2. The summed E-state index contributed by atoms with van der Waals surface area (Å²) in [7, 11) is -2.86. The summed E-state index contributed by atoms with van der Waals surface area (Å²) in [6.07, 6.45) is -0.653. The fraction of sp³-hybridized carbons (Fsp3) is 0.240. The van der Waals surface area contributed by atoms with Crippen LogP contribution < -0.4 is 24.8 Å². The lowest BCUT2D eigenvalue weighted by molar-refractivity contribution is -0.142. The number of aliphatic carboxylic acids is 1. The zero-order valence-corrected chi connectivity index (χ0v) is 38.7. The van der Waals surface area contributed by atoms with Crippen LogP contribution in [0.2, 0.25) is 10.0 Å². The number of pyridine rings is 1. The normalized spacial score (nSPS) is 16.0. The van der Waals surface area contributed by atoms with Gasteiger partial charge in [0.05, 0.1) is 34.0 Å². The van der Waals surface area contributed by atoms with E-state index < -0.39 is 40.1 Å². The summed E-state index contributed by atoms with van der Waals surface area (Å²) in [5.41, 5.74) is 6.03. The minimum Gasteiger partial charge on any atom is -0.489 e. The number of sulfonamides is 1. The van der Waals surface area contributed by atoms with E-state index in [1.165, 1.54) is 6.07 Å². The molecule has 14 nitrogen and oxygen atoms in total. The van der Waals surface area contributed by atoms with E-state index in [9.17, 15) is 23.1 Å². The minimum atomic E-state index is -4.43. The van der Waals surface area contributed by atoms with E-state index in [0.29, 0.717) is 68.5 Å². The number of methoxy groups -OCH3 is 1. The molecule has 0 saturated carbocycles. The van der Waals surface area contributed by atoms with Crippen molar-refractivity contribution in [3.05, 3.63) is 164 Å². The molecule has 1 amide bonds. The second-order valence-corrected chi connectivity index (χ2v) is 18.7. The topological polar surface area (TPSA) is 189 Å². The van der Waals surface area contributed by atoms with Crippen LogP contribution in [0, 0.1) is 18.3 Å². The van der Waals surface area contributed by atoms with Crippen molar-refractivity contribution < 1.29 is 42.1 Å². The van der Waals surface area contributed by atoms with Gasteiger partial charge in [-0.05, 0) is 113 Å². The van der Waals surface area contributed by atoms with Gasteiger partial charge in [-0.25, -0.2) is 18.2 Å². The number of halogens is 2. The van der Waals surface area contributed by atoms with Crippen LogP contribution in [-0.4, -0.2) is 73.6 Å². The first-order valence-electron chi connectivity index (χ1n) is 21.3. The van der Waals surface area contributed by atoms with Crippen molar-refractivity contribution in [1.82, 2.24) is 14.6 Å². The van der Waals surface area contributed by atoms with Crippen molar-refractivity contribution in [2.24, 2.45) is 0 Å². The number of hydrogen-bond acceptors (Lipinski definition) is 11. The standard InChI is InChI=1S/C50H45Cl2N5O9S/c1-30-47(17-18-48(55-30)54-19-20-63-2)67(61,62)57-27-38-25-45-44(65-29-46(66-45)36-12-14-39(15-13-36)64-28-33-7-16-40(51)41(52)21-33)24-37(38)23-43(57)49(58)56-42(50(59)60)22-31-3-8-34(9-4-31)35-10-5-32(26-53)6-11-35/h3-18,21,24-25,42-43,46H,19-20,22-23,27-29H2,1-2H3,(H,54,55)(H,56,58)(H,59,60). The maximum Gasteiger partial charge on any atom is 0.326 e. The molecule has 0 saturated heterocycles. The monoisotopic (exact) mass is 961 g/mol. The maximum atomic E-state index is 14.8. The first-order valence-corrected chi connectivity index (χ1v) is 23.5. The number of aromatic nitrogens is 1. The number of hydrogen-bond donors (Lipinski definition) is 3. The number of carboxylic acid groups (broad SMARTS) is 1. The van der Waals surface area contributed by atoms with Crippen molar-refractivity contribution >= 4 is 50.9 Å². The highest BCUT2D eigenvalue weighted by molar-refractivity contribution is 7.89. The number of aryl methyl sites for hydroxylation is 1. The molecule has 0 aliphatic carbocycles. The summed E-state index contributed by atoms with van der Waals surface area (Å²) in [5.74, 6) is -0.158. The number of carboxylic acids is 1. The molecule has 5 aromatic carbocycles. The molecule has 2 aliphatic heterocycles. The Balaban J connectivity index is 1.03. The minimum absolute atomic E-state index is 0.0698. The van der Waals surface area contributed by atoms with Gasteiger partial charge >= 0.3 is 5.97 Å². The van der Waals surface area contributed by atoms with E-state index in [0.717, 1.165) is 26.6 Å². The van der Waals surface area contributed by atoms with Crippen LogP contribution in [0.3, 0.4) is 0 Å². The van der Waals surface area contributed by atoms with Crippen molar-refractivity contribution in [3.63, 3.8) is 0 Å². The molecule has 3 atom stereocenters. The number of carbonyl (C=O) groups excluding carboxylic acids is 1. The van der Waals surface area contributed by atoms with Gasteiger partial charge in [0.25, 0.3) is 0 Å². The van der Waals surface area contributed by atoms with Gasteiger partial charge in [-0.3, -0.25) is 4.79 Å². The predicted molar refractivity (Wildman–Crippen MR) is 252 cm³/mol. The number of nitrogens with zero attached hydrogens (tertiary/aromatic N) is 3. The van der Waals surface area contributed by atoms with Crippen LogP contribution >= 0.6 is 23.2 Å². The van der Waals surface area contributed by atoms with Crippen molar-refractivity contribution in [3.8, 4) is 34.4 Å². The third-order valence-corrected chi connectivity index (χ3v) is 14.3. The Bertz CT molecular complexity index is 2950. The molecule has 1 aromatic heterocycles. The van der Waals surface area contributed by atoms with Crippen molar-refractivity contribution in [1.29, 1.82) is 5.26 Å². The fourth-order valence-electron chi connectivity index (χ4n) is 7.94. The van der Waals surface area contributed by atoms with Crippen molar-refractivity contribution in [2.45, 2.75) is 56.0 Å². The van der Waals surface area contributed by atoms with E-state index in [4.69, 9.17) is 47.4 Å². The van der Waals surface area contributed by atoms with Crippen LogP contribution in [0.15, 0.2) is 120 Å². The van der Waals surface area contributed by atoms with Gasteiger partial charge in [-0.15, -0.1) is 0 Å².